The van der Waals surface area contributed by atoms with Crippen molar-refractivity contribution >= 4 is 34.9 Å². The smallest absolute Gasteiger partial charge is 0.356 e. The van der Waals surface area contributed by atoms with E-state index in [0.29, 0.717) is 0 Å². The standard InChI is InChI=1S/C20H14Cl2F2N2O3/c1-29-19-12(21)8-7-11(14(19)23)16-15(24)17(13(22)18(26-16)20(27)28)25-9-10-5-3-2-4-6-10/h2-8H,9H2,1H3,(H,25,26)(H,27,28). The second-order valence-electron chi connectivity index (χ2n) is 5.90. The van der Waals surface area contributed by atoms with Crippen LogP contribution in [0.1, 0.15) is 16.1 Å². The summed E-state index contributed by atoms with van der Waals surface area (Å²) >= 11 is 12.0. The van der Waals surface area contributed by atoms with Gasteiger partial charge in [-0.2, -0.15) is 0 Å². The van der Waals surface area contributed by atoms with E-state index in [9.17, 15) is 14.3 Å². The number of anilines is 1. The maximum atomic E-state index is 15.2. The number of hydrogen-bond donors (Lipinski definition) is 2. The molecule has 0 aliphatic rings. The van der Waals surface area contributed by atoms with Crippen molar-refractivity contribution in [3.63, 3.8) is 0 Å². The Labute approximate surface area is 174 Å². The molecule has 0 aliphatic heterocycles. The maximum Gasteiger partial charge on any atom is 0.356 e. The fourth-order valence-electron chi connectivity index (χ4n) is 2.71. The Kier molecular flexibility index (Phi) is 6.20. The van der Waals surface area contributed by atoms with E-state index >= 15 is 4.39 Å². The van der Waals surface area contributed by atoms with Crippen molar-refractivity contribution in [2.45, 2.75) is 6.54 Å². The fraction of sp³-hybridized carbons (Fsp3) is 0.100. The summed E-state index contributed by atoms with van der Waals surface area (Å²) in [6, 6.07) is 11.5. The number of carbonyl (C=O) groups is 1. The summed E-state index contributed by atoms with van der Waals surface area (Å²) in [6.07, 6.45) is 0. The first-order valence-electron chi connectivity index (χ1n) is 8.27. The lowest BCUT2D eigenvalue weighted by molar-refractivity contribution is 0.0691. The van der Waals surface area contributed by atoms with Crippen LogP contribution in [-0.2, 0) is 6.54 Å². The normalized spacial score (nSPS) is 10.7. The van der Waals surface area contributed by atoms with Gasteiger partial charge in [0.15, 0.2) is 23.1 Å². The van der Waals surface area contributed by atoms with Crippen LogP contribution in [0.25, 0.3) is 11.3 Å². The summed E-state index contributed by atoms with van der Waals surface area (Å²) < 4.78 is 34.9. The van der Waals surface area contributed by atoms with Gasteiger partial charge in [0.05, 0.1) is 22.8 Å². The zero-order chi connectivity index (χ0) is 21.1. The zero-order valence-electron chi connectivity index (χ0n) is 15.0. The number of hydrogen-bond acceptors (Lipinski definition) is 4. The van der Waals surface area contributed by atoms with Crippen LogP contribution in [0.3, 0.4) is 0 Å². The lowest BCUT2D eigenvalue weighted by atomic mass is 10.1. The average Bonchev–Trinajstić information content (AvgIpc) is 2.70. The second kappa shape index (κ2) is 8.63. The van der Waals surface area contributed by atoms with E-state index in [1.54, 1.807) is 24.3 Å². The fourth-order valence-corrected chi connectivity index (χ4v) is 3.20. The number of nitrogens with zero attached hydrogens (tertiary/aromatic N) is 1. The van der Waals surface area contributed by atoms with Crippen LogP contribution < -0.4 is 10.1 Å². The number of aromatic carboxylic acids is 1. The van der Waals surface area contributed by atoms with Gasteiger partial charge in [-0.15, -0.1) is 0 Å². The van der Waals surface area contributed by atoms with Crippen molar-refractivity contribution in [2.24, 2.45) is 0 Å². The van der Waals surface area contributed by atoms with Crippen molar-refractivity contribution in [3.05, 3.63) is 75.4 Å². The zero-order valence-corrected chi connectivity index (χ0v) is 16.5. The molecule has 29 heavy (non-hydrogen) atoms. The van der Waals surface area contributed by atoms with E-state index in [2.05, 4.69) is 10.3 Å². The summed E-state index contributed by atoms with van der Waals surface area (Å²) in [7, 11) is 1.20. The SMILES string of the molecule is COc1c(Cl)ccc(-c2nc(C(=O)O)c(Cl)c(NCc3ccccc3)c2F)c1F. The molecular weight excluding hydrogens is 425 g/mol. The molecule has 0 bridgehead atoms. The van der Waals surface area contributed by atoms with Crippen LogP contribution in [0, 0.1) is 11.6 Å². The van der Waals surface area contributed by atoms with E-state index in [-0.39, 0.29) is 28.6 Å². The highest BCUT2D eigenvalue weighted by atomic mass is 35.5. The third-order valence-corrected chi connectivity index (χ3v) is 4.77. The Morgan fingerprint density at radius 1 is 1.14 bits per heavy atom. The molecule has 0 atom stereocenters. The van der Waals surface area contributed by atoms with Crippen molar-refractivity contribution in [1.82, 2.24) is 4.98 Å². The number of aromatic nitrogens is 1. The number of carboxylic acid groups (broad SMARTS) is 1. The molecule has 0 aliphatic carbocycles. The van der Waals surface area contributed by atoms with Gasteiger partial charge in [0.1, 0.15) is 5.69 Å². The van der Waals surface area contributed by atoms with Gasteiger partial charge in [-0.25, -0.2) is 18.6 Å². The summed E-state index contributed by atoms with van der Waals surface area (Å²) in [5, 5.41) is 11.7. The minimum atomic E-state index is -1.49. The lowest BCUT2D eigenvalue weighted by Gasteiger charge is -2.15. The molecule has 0 spiro atoms. The molecule has 0 saturated heterocycles. The third kappa shape index (κ3) is 4.11. The van der Waals surface area contributed by atoms with E-state index in [1.807, 2.05) is 6.07 Å². The van der Waals surface area contributed by atoms with Crippen molar-refractivity contribution in [2.75, 3.05) is 12.4 Å². The Morgan fingerprint density at radius 2 is 1.83 bits per heavy atom. The maximum absolute atomic E-state index is 15.2. The minimum absolute atomic E-state index is 0.0241. The Bertz CT molecular complexity index is 1080. The summed E-state index contributed by atoms with van der Waals surface area (Å²) in [5.74, 6) is -3.77. The highest BCUT2D eigenvalue weighted by Crippen LogP contribution is 2.39. The lowest BCUT2D eigenvalue weighted by Crippen LogP contribution is -2.11. The molecule has 1 aromatic heterocycles. The molecule has 150 valence electrons. The van der Waals surface area contributed by atoms with Crippen LogP contribution in [0.5, 0.6) is 5.75 Å². The number of methoxy groups -OCH3 is 1. The Balaban J connectivity index is 2.16. The molecule has 0 radical (unpaired) electrons. The number of rotatable bonds is 6. The topological polar surface area (TPSA) is 71.5 Å². The van der Waals surface area contributed by atoms with Gasteiger partial charge in [0.25, 0.3) is 0 Å². The molecule has 3 rings (SSSR count). The van der Waals surface area contributed by atoms with Crippen LogP contribution in [0.15, 0.2) is 42.5 Å². The number of benzene rings is 2. The first kappa shape index (κ1) is 20.8. The van der Waals surface area contributed by atoms with Gasteiger partial charge in [-0.05, 0) is 17.7 Å². The molecular formula is C20H14Cl2F2N2O3. The van der Waals surface area contributed by atoms with E-state index in [4.69, 9.17) is 27.9 Å². The van der Waals surface area contributed by atoms with Gasteiger partial charge in [0, 0.05) is 12.1 Å². The molecule has 3 aromatic rings. The van der Waals surface area contributed by atoms with Crippen LogP contribution in [0.2, 0.25) is 10.0 Å². The predicted octanol–water partition coefficient (Wildman–Crippen LogP) is 5.65. The van der Waals surface area contributed by atoms with Crippen molar-refractivity contribution in [1.29, 1.82) is 0 Å². The first-order valence-corrected chi connectivity index (χ1v) is 9.03. The van der Waals surface area contributed by atoms with Gasteiger partial charge in [-0.3, -0.25) is 0 Å². The molecule has 2 N–H and O–H groups in total. The van der Waals surface area contributed by atoms with Gasteiger partial charge in [-0.1, -0.05) is 53.5 Å². The molecule has 0 unspecified atom stereocenters. The highest BCUT2D eigenvalue weighted by molar-refractivity contribution is 6.36. The summed E-state index contributed by atoms with van der Waals surface area (Å²) in [4.78, 5) is 15.3. The largest absolute Gasteiger partial charge is 0.492 e. The number of pyridine rings is 1. The Hall–Kier alpha value is -2.90. The van der Waals surface area contributed by atoms with E-state index in [1.165, 1.54) is 19.2 Å². The molecule has 9 heteroatoms. The number of halogens is 4. The summed E-state index contributed by atoms with van der Waals surface area (Å²) in [5.41, 5.74) is -0.962. The van der Waals surface area contributed by atoms with Crippen molar-refractivity contribution < 1.29 is 23.4 Å². The third-order valence-electron chi connectivity index (χ3n) is 4.10. The van der Waals surface area contributed by atoms with Crippen LogP contribution >= 0.6 is 23.2 Å². The molecule has 1 heterocycles. The molecule has 0 saturated carbocycles. The first-order chi connectivity index (χ1) is 13.8. The molecule has 0 amide bonds. The summed E-state index contributed by atoms with van der Waals surface area (Å²) in [6.45, 7) is 0.159. The molecule has 5 nitrogen and oxygen atoms in total. The van der Waals surface area contributed by atoms with Gasteiger partial charge < -0.3 is 15.2 Å². The van der Waals surface area contributed by atoms with Crippen molar-refractivity contribution in [3.8, 4) is 17.0 Å². The Morgan fingerprint density at radius 3 is 2.45 bits per heavy atom. The number of nitrogens with one attached hydrogen (secondary N) is 1. The quantitative estimate of drug-likeness (QED) is 0.519. The van der Waals surface area contributed by atoms with E-state index in [0.717, 1.165) is 5.56 Å². The van der Waals surface area contributed by atoms with Crippen LogP contribution in [0.4, 0.5) is 14.5 Å². The second-order valence-corrected chi connectivity index (χ2v) is 6.68. The minimum Gasteiger partial charge on any atom is -0.492 e. The number of ether oxygens (including phenoxy) is 1. The molecule has 0 fully saturated rings. The highest BCUT2D eigenvalue weighted by Gasteiger charge is 2.26. The van der Waals surface area contributed by atoms with Gasteiger partial charge in [0.2, 0.25) is 0 Å². The average molecular weight is 439 g/mol. The predicted molar refractivity (Wildman–Crippen MR) is 107 cm³/mol. The van der Waals surface area contributed by atoms with E-state index < -0.39 is 34.0 Å². The number of carboxylic acids is 1. The van der Waals surface area contributed by atoms with Crippen LogP contribution in [-0.4, -0.2) is 23.2 Å². The van der Waals surface area contributed by atoms with Gasteiger partial charge >= 0.3 is 5.97 Å². The molecule has 2 aromatic carbocycles. The monoisotopic (exact) mass is 438 g/mol.